The van der Waals surface area contributed by atoms with E-state index < -0.39 is 0 Å². The number of carbonyl (C=O) groups is 2. The minimum absolute atomic E-state index is 0.0935. The summed E-state index contributed by atoms with van der Waals surface area (Å²) >= 11 is 0. The van der Waals surface area contributed by atoms with Crippen molar-refractivity contribution >= 4 is 11.9 Å². The molecule has 1 aliphatic heterocycles. The van der Waals surface area contributed by atoms with Gasteiger partial charge in [0.2, 0.25) is 0 Å². The van der Waals surface area contributed by atoms with Gasteiger partial charge in [-0.25, -0.2) is 0 Å². The van der Waals surface area contributed by atoms with Gasteiger partial charge >= 0.3 is 11.9 Å². The third kappa shape index (κ3) is 34.8. The van der Waals surface area contributed by atoms with E-state index in [0.717, 1.165) is 64.7 Å². The Morgan fingerprint density at radius 2 is 0.889 bits per heavy atom. The van der Waals surface area contributed by atoms with Crippen LogP contribution in [0, 0.1) is 0 Å². The number of hydrogen-bond acceptors (Lipinski definition) is 7. The van der Waals surface area contributed by atoms with Crippen LogP contribution < -0.4 is 5.73 Å². The molecule has 0 aromatic carbocycles. The molecule has 1 fully saturated rings. The normalized spacial score (nSPS) is 14.2. The van der Waals surface area contributed by atoms with Gasteiger partial charge in [-0.3, -0.25) is 14.5 Å². The number of ether oxygens (including phenoxy) is 2. The first-order chi connectivity index (χ1) is 26.5. The second-order valence-electron chi connectivity index (χ2n) is 16.1. The Labute approximate surface area is 335 Å². The number of nitrogens with two attached hydrogens (primary N) is 1. The summed E-state index contributed by atoms with van der Waals surface area (Å²) in [4.78, 5) is 29.6. The molecule has 7 heteroatoms. The zero-order chi connectivity index (χ0) is 39.0. The Morgan fingerprint density at radius 3 is 1.28 bits per heavy atom. The van der Waals surface area contributed by atoms with Crippen molar-refractivity contribution in [3.05, 3.63) is 24.3 Å². The van der Waals surface area contributed by atoms with Crippen LogP contribution >= 0.6 is 0 Å². The highest BCUT2D eigenvalue weighted by atomic mass is 16.5. The van der Waals surface area contributed by atoms with Crippen molar-refractivity contribution in [2.75, 3.05) is 52.5 Å². The molecule has 0 radical (unpaired) electrons. The lowest BCUT2D eigenvalue weighted by atomic mass is 10.1. The van der Waals surface area contributed by atoms with Gasteiger partial charge < -0.3 is 20.1 Å². The summed E-state index contributed by atoms with van der Waals surface area (Å²) in [6.07, 6.45) is 45.0. The van der Waals surface area contributed by atoms with Crippen LogP contribution in [0.1, 0.15) is 206 Å². The molecule has 0 aromatic rings. The molecule has 316 valence electrons. The average Bonchev–Trinajstić information content (AvgIpc) is 3.17. The zero-order valence-corrected chi connectivity index (χ0v) is 35.9. The maximum absolute atomic E-state index is 12.4. The molecule has 2 N–H and O–H groups in total. The molecule has 1 saturated heterocycles. The molecule has 0 aliphatic carbocycles. The van der Waals surface area contributed by atoms with E-state index in [9.17, 15) is 9.59 Å². The van der Waals surface area contributed by atoms with Crippen LogP contribution in [0.2, 0.25) is 0 Å². The first-order valence-corrected chi connectivity index (χ1v) is 23.4. The van der Waals surface area contributed by atoms with Crippen LogP contribution in [-0.4, -0.2) is 80.3 Å². The summed E-state index contributed by atoms with van der Waals surface area (Å²) < 4.78 is 11.3. The van der Waals surface area contributed by atoms with Crippen molar-refractivity contribution in [3.8, 4) is 0 Å². The van der Waals surface area contributed by atoms with Crippen LogP contribution in [0.4, 0.5) is 0 Å². The Balaban J connectivity index is 2.13. The maximum atomic E-state index is 12.4. The van der Waals surface area contributed by atoms with Gasteiger partial charge in [-0.05, 0) is 90.1 Å². The predicted octanol–water partition coefficient (Wildman–Crippen LogP) is 11.9. The first-order valence-electron chi connectivity index (χ1n) is 23.4. The maximum Gasteiger partial charge on any atom is 0.305 e. The summed E-state index contributed by atoms with van der Waals surface area (Å²) in [5.74, 6) is -0.187. The number of rotatable bonds is 39. The topological polar surface area (TPSA) is 85.1 Å². The smallest absolute Gasteiger partial charge is 0.305 e. The standard InChI is InChI=1S/C47H89N3O4/c1-3-5-7-9-11-13-15-17-19-21-23-25-27-29-31-33-46(51)53-43-41-50(40-39-49-37-35-45(48)36-38-49)42-44-54-47(52)34-32-30-28-26-24-22-20-18-16-14-12-10-8-6-4-2/h17-20,45H,3-16,21-44,48H2,1-2H3/b19-17-,20-18-. The SMILES string of the molecule is CCCCCCCC/C=C\CCCCCCCC(=O)OCCN(CCOC(=O)CCCCCCC/C=C\CCCCCCCC)CCN1CCC(N)CC1. The number of unbranched alkanes of at least 4 members (excludes halogenated alkanes) is 22. The Hall–Kier alpha value is -1.70. The first kappa shape index (κ1) is 50.3. The fraction of sp³-hybridized carbons (Fsp3) is 0.872. The van der Waals surface area contributed by atoms with Crippen molar-refractivity contribution in [2.24, 2.45) is 5.73 Å². The average molecular weight is 760 g/mol. The van der Waals surface area contributed by atoms with Crippen LogP contribution in [0.5, 0.6) is 0 Å². The van der Waals surface area contributed by atoms with E-state index in [1.54, 1.807) is 0 Å². The third-order valence-electron chi connectivity index (χ3n) is 11.0. The molecule has 0 atom stereocenters. The number of carbonyl (C=O) groups excluding carboxylic acids is 2. The number of allylic oxidation sites excluding steroid dienone is 4. The predicted molar refractivity (Wildman–Crippen MR) is 231 cm³/mol. The summed E-state index contributed by atoms with van der Waals surface area (Å²) in [5.41, 5.74) is 6.11. The van der Waals surface area contributed by atoms with Crippen molar-refractivity contribution in [1.82, 2.24) is 9.80 Å². The monoisotopic (exact) mass is 760 g/mol. The Morgan fingerprint density at radius 1 is 0.537 bits per heavy atom. The summed E-state index contributed by atoms with van der Waals surface area (Å²) in [6, 6.07) is 0.319. The van der Waals surface area contributed by atoms with Crippen LogP contribution in [-0.2, 0) is 19.1 Å². The molecular weight excluding hydrogens is 671 g/mol. The van der Waals surface area contributed by atoms with Crippen LogP contribution in [0.3, 0.4) is 0 Å². The summed E-state index contributed by atoms with van der Waals surface area (Å²) in [7, 11) is 0. The minimum atomic E-state index is -0.0935. The molecule has 1 rings (SSSR count). The fourth-order valence-corrected chi connectivity index (χ4v) is 7.20. The molecule has 0 aromatic heterocycles. The number of piperidine rings is 1. The van der Waals surface area contributed by atoms with Gasteiger partial charge in [-0.1, -0.05) is 141 Å². The lowest BCUT2D eigenvalue weighted by Crippen LogP contribution is -2.44. The highest BCUT2D eigenvalue weighted by Crippen LogP contribution is 2.13. The van der Waals surface area contributed by atoms with Gasteiger partial charge in [0.25, 0.3) is 0 Å². The van der Waals surface area contributed by atoms with E-state index in [2.05, 4.69) is 48.0 Å². The van der Waals surface area contributed by atoms with Gasteiger partial charge in [0, 0.05) is 45.1 Å². The molecule has 54 heavy (non-hydrogen) atoms. The number of esters is 2. The van der Waals surface area contributed by atoms with Gasteiger partial charge in [0.15, 0.2) is 0 Å². The van der Waals surface area contributed by atoms with E-state index in [4.69, 9.17) is 15.2 Å². The second-order valence-corrected chi connectivity index (χ2v) is 16.1. The van der Waals surface area contributed by atoms with Crippen LogP contribution in [0.15, 0.2) is 24.3 Å². The Bertz CT molecular complexity index is 828. The minimum Gasteiger partial charge on any atom is -0.464 e. The highest BCUT2D eigenvalue weighted by molar-refractivity contribution is 5.69. The molecule has 0 amide bonds. The highest BCUT2D eigenvalue weighted by Gasteiger charge is 2.17. The van der Waals surface area contributed by atoms with Crippen molar-refractivity contribution < 1.29 is 19.1 Å². The molecule has 1 aliphatic rings. The summed E-state index contributed by atoms with van der Waals surface area (Å²) in [6.45, 7) is 10.5. The van der Waals surface area contributed by atoms with Crippen molar-refractivity contribution in [2.45, 2.75) is 213 Å². The molecule has 0 spiro atoms. The lowest BCUT2D eigenvalue weighted by molar-refractivity contribution is -0.144. The molecule has 0 bridgehead atoms. The molecule has 0 saturated carbocycles. The zero-order valence-electron chi connectivity index (χ0n) is 35.9. The van der Waals surface area contributed by atoms with Gasteiger partial charge in [-0.15, -0.1) is 0 Å². The quantitative estimate of drug-likeness (QED) is 0.0379. The number of nitrogens with zero attached hydrogens (tertiary/aromatic N) is 2. The molecular formula is C47H89N3O4. The van der Waals surface area contributed by atoms with Gasteiger partial charge in [0.1, 0.15) is 13.2 Å². The number of hydrogen-bond donors (Lipinski definition) is 1. The van der Waals surface area contributed by atoms with Crippen molar-refractivity contribution in [1.29, 1.82) is 0 Å². The van der Waals surface area contributed by atoms with E-state index in [0.29, 0.717) is 45.2 Å². The third-order valence-corrected chi connectivity index (χ3v) is 11.0. The molecule has 1 heterocycles. The van der Waals surface area contributed by atoms with E-state index in [1.165, 1.54) is 141 Å². The van der Waals surface area contributed by atoms with Gasteiger partial charge in [-0.2, -0.15) is 0 Å². The molecule has 7 nitrogen and oxygen atoms in total. The van der Waals surface area contributed by atoms with Gasteiger partial charge in [0.05, 0.1) is 0 Å². The van der Waals surface area contributed by atoms with E-state index >= 15 is 0 Å². The van der Waals surface area contributed by atoms with Crippen LogP contribution in [0.25, 0.3) is 0 Å². The molecule has 0 unspecified atom stereocenters. The van der Waals surface area contributed by atoms with Crippen molar-refractivity contribution in [3.63, 3.8) is 0 Å². The summed E-state index contributed by atoms with van der Waals surface area (Å²) in [5, 5.41) is 0. The second kappa shape index (κ2) is 39.5. The Kier molecular flexibility index (Phi) is 36.8. The van der Waals surface area contributed by atoms with E-state index in [-0.39, 0.29) is 11.9 Å². The lowest BCUT2D eigenvalue weighted by Gasteiger charge is -2.32. The van der Waals surface area contributed by atoms with E-state index in [1.807, 2.05) is 0 Å². The number of likely N-dealkylation sites (tertiary alicyclic amines) is 1. The fourth-order valence-electron chi connectivity index (χ4n) is 7.20. The largest absolute Gasteiger partial charge is 0.464 e.